The van der Waals surface area contributed by atoms with Crippen LogP contribution in [0.15, 0.2) is 24.3 Å². The number of nitrogens with one attached hydrogen (secondary N) is 1. The van der Waals surface area contributed by atoms with Crippen LogP contribution in [-0.2, 0) is 4.79 Å². The van der Waals surface area contributed by atoms with Gasteiger partial charge in [-0.15, -0.1) is 0 Å². The third kappa shape index (κ3) is 5.18. The first-order valence-electron chi connectivity index (χ1n) is 7.25. The maximum atomic E-state index is 11.9. The molecule has 21 heavy (non-hydrogen) atoms. The lowest BCUT2D eigenvalue weighted by Crippen LogP contribution is -2.32. The molecule has 1 aromatic rings. The third-order valence-electron chi connectivity index (χ3n) is 3.66. The lowest BCUT2D eigenvalue weighted by atomic mass is 10.2. The van der Waals surface area contributed by atoms with E-state index in [9.17, 15) is 9.90 Å². The van der Waals surface area contributed by atoms with Gasteiger partial charge in [-0.2, -0.15) is 5.26 Å². The van der Waals surface area contributed by atoms with Crippen molar-refractivity contribution in [3.8, 4) is 6.07 Å². The lowest BCUT2D eigenvalue weighted by molar-refractivity contribution is -0.116. The molecular formula is C16H21N3O2. The zero-order chi connectivity index (χ0) is 15.2. The first-order valence-corrected chi connectivity index (χ1v) is 7.25. The highest BCUT2D eigenvalue weighted by Gasteiger charge is 2.30. The molecule has 1 saturated carbocycles. The van der Waals surface area contributed by atoms with Crippen molar-refractivity contribution in [2.75, 3.05) is 25.5 Å². The van der Waals surface area contributed by atoms with Gasteiger partial charge in [0.05, 0.1) is 17.7 Å². The van der Waals surface area contributed by atoms with Crippen molar-refractivity contribution in [2.45, 2.75) is 25.4 Å². The minimum Gasteiger partial charge on any atom is -0.392 e. The van der Waals surface area contributed by atoms with Crippen molar-refractivity contribution in [2.24, 2.45) is 5.92 Å². The highest BCUT2D eigenvalue weighted by atomic mass is 16.3. The Labute approximate surface area is 125 Å². The maximum Gasteiger partial charge on any atom is 0.225 e. The topological polar surface area (TPSA) is 76.4 Å². The van der Waals surface area contributed by atoms with Crippen molar-refractivity contribution in [3.05, 3.63) is 29.8 Å². The molecule has 1 aliphatic rings. The Morgan fingerprint density at radius 2 is 2.33 bits per heavy atom. The lowest BCUT2D eigenvalue weighted by Gasteiger charge is -2.20. The van der Waals surface area contributed by atoms with E-state index in [4.69, 9.17) is 5.26 Å². The number of likely N-dealkylation sites (N-methyl/N-ethyl adjacent to an activating group) is 1. The molecule has 0 heterocycles. The number of nitrogens with zero attached hydrogens (tertiary/aromatic N) is 2. The molecule has 0 aromatic heterocycles. The number of carbonyl (C=O) groups excluding carboxylic acids is 1. The average Bonchev–Trinajstić information content (AvgIpc) is 3.30. The highest BCUT2D eigenvalue weighted by Crippen LogP contribution is 2.32. The minimum atomic E-state index is -0.273. The predicted molar refractivity (Wildman–Crippen MR) is 80.6 cm³/mol. The smallest absolute Gasteiger partial charge is 0.225 e. The van der Waals surface area contributed by atoms with E-state index in [2.05, 4.69) is 5.32 Å². The van der Waals surface area contributed by atoms with Crippen LogP contribution >= 0.6 is 0 Å². The van der Waals surface area contributed by atoms with Gasteiger partial charge in [0.1, 0.15) is 0 Å². The molecule has 0 aliphatic heterocycles. The van der Waals surface area contributed by atoms with Gasteiger partial charge in [-0.05, 0) is 44.0 Å². The summed E-state index contributed by atoms with van der Waals surface area (Å²) >= 11 is 0. The zero-order valence-electron chi connectivity index (χ0n) is 12.2. The average molecular weight is 287 g/mol. The molecule has 0 saturated heterocycles. The van der Waals surface area contributed by atoms with E-state index in [1.165, 1.54) is 0 Å². The fraction of sp³-hybridized carbons (Fsp3) is 0.500. The van der Waals surface area contributed by atoms with Gasteiger partial charge in [-0.3, -0.25) is 4.79 Å². The molecule has 1 amide bonds. The number of aliphatic hydroxyl groups is 1. The molecule has 0 spiro atoms. The predicted octanol–water partition coefficient (Wildman–Crippen LogP) is 1.59. The molecule has 112 valence electrons. The van der Waals surface area contributed by atoms with Crippen LogP contribution in [0.1, 0.15) is 24.8 Å². The number of hydrogen-bond acceptors (Lipinski definition) is 4. The normalized spacial score (nSPS) is 15.5. The van der Waals surface area contributed by atoms with Crippen molar-refractivity contribution < 1.29 is 9.90 Å². The summed E-state index contributed by atoms with van der Waals surface area (Å²) in [7, 11) is 1.91. The summed E-state index contributed by atoms with van der Waals surface area (Å²) in [4.78, 5) is 13.8. The Kier molecular flexibility index (Phi) is 5.32. The van der Waals surface area contributed by atoms with E-state index >= 15 is 0 Å². The van der Waals surface area contributed by atoms with Crippen LogP contribution < -0.4 is 5.32 Å². The number of hydrogen-bond donors (Lipinski definition) is 2. The van der Waals surface area contributed by atoms with Gasteiger partial charge in [0.15, 0.2) is 0 Å². The number of nitriles is 1. The second-order valence-corrected chi connectivity index (χ2v) is 5.66. The minimum absolute atomic E-state index is 0.0853. The van der Waals surface area contributed by atoms with Gasteiger partial charge in [-0.25, -0.2) is 0 Å². The largest absolute Gasteiger partial charge is 0.392 e. The molecule has 1 fully saturated rings. The van der Waals surface area contributed by atoms with E-state index in [-0.39, 0.29) is 12.0 Å². The molecule has 0 bridgehead atoms. The second kappa shape index (κ2) is 7.21. The van der Waals surface area contributed by atoms with Crippen molar-refractivity contribution >= 4 is 11.6 Å². The first kappa shape index (κ1) is 15.5. The molecule has 1 unspecified atom stereocenters. The second-order valence-electron chi connectivity index (χ2n) is 5.66. The highest BCUT2D eigenvalue weighted by molar-refractivity contribution is 5.90. The number of carbonyl (C=O) groups is 1. The van der Waals surface area contributed by atoms with Gasteiger partial charge in [0.2, 0.25) is 5.91 Å². The van der Waals surface area contributed by atoms with Crippen LogP contribution in [0.25, 0.3) is 0 Å². The van der Waals surface area contributed by atoms with Crippen molar-refractivity contribution in [1.29, 1.82) is 5.26 Å². The molecule has 0 radical (unpaired) electrons. The Hall–Kier alpha value is -1.90. The number of aliphatic hydroxyl groups excluding tert-OH is 1. The van der Waals surface area contributed by atoms with E-state index < -0.39 is 0 Å². The van der Waals surface area contributed by atoms with Crippen molar-refractivity contribution in [1.82, 2.24) is 4.90 Å². The quantitative estimate of drug-likeness (QED) is 0.798. The Bertz CT molecular complexity index is 535. The zero-order valence-corrected chi connectivity index (χ0v) is 12.2. The molecule has 2 rings (SSSR count). The molecule has 2 N–H and O–H groups in total. The number of amides is 1. The summed E-state index contributed by atoms with van der Waals surface area (Å²) in [5.74, 6) is 0.368. The number of benzene rings is 1. The fourth-order valence-electron chi connectivity index (χ4n) is 2.22. The Morgan fingerprint density at radius 3 is 3.00 bits per heavy atom. The van der Waals surface area contributed by atoms with Crippen LogP contribution in [0.4, 0.5) is 5.69 Å². The molecular weight excluding hydrogens is 266 g/mol. The molecule has 5 heteroatoms. The van der Waals surface area contributed by atoms with Crippen molar-refractivity contribution in [3.63, 3.8) is 0 Å². The van der Waals surface area contributed by atoms with E-state index in [1.54, 1.807) is 24.3 Å². The van der Waals surface area contributed by atoms with E-state index in [0.29, 0.717) is 36.7 Å². The maximum absolute atomic E-state index is 11.9. The number of anilines is 1. The summed E-state index contributed by atoms with van der Waals surface area (Å²) in [6, 6.07) is 8.90. The monoisotopic (exact) mass is 287 g/mol. The van der Waals surface area contributed by atoms with Gasteiger partial charge < -0.3 is 15.3 Å². The van der Waals surface area contributed by atoms with Crippen LogP contribution in [0.5, 0.6) is 0 Å². The van der Waals surface area contributed by atoms with E-state index in [0.717, 1.165) is 12.8 Å². The number of rotatable bonds is 7. The van der Waals surface area contributed by atoms with Crippen LogP contribution in [0.3, 0.4) is 0 Å². The van der Waals surface area contributed by atoms with Crippen LogP contribution in [0.2, 0.25) is 0 Å². The SMILES string of the molecule is CN(CCC(=O)Nc1cccc(C#N)c1)CC(O)C1CC1. The summed E-state index contributed by atoms with van der Waals surface area (Å²) in [6.45, 7) is 1.22. The van der Waals surface area contributed by atoms with Gasteiger partial charge in [-0.1, -0.05) is 6.07 Å². The standard InChI is InChI=1S/C16H21N3O2/c1-19(11-15(20)13-5-6-13)8-7-16(21)18-14-4-2-3-12(9-14)10-17/h2-4,9,13,15,20H,5-8,11H2,1H3,(H,18,21). The summed E-state index contributed by atoms with van der Waals surface area (Å²) < 4.78 is 0. The summed E-state index contributed by atoms with van der Waals surface area (Å²) in [5.41, 5.74) is 1.16. The van der Waals surface area contributed by atoms with Gasteiger partial charge in [0.25, 0.3) is 0 Å². The van der Waals surface area contributed by atoms with Gasteiger partial charge in [0, 0.05) is 25.2 Å². The summed E-state index contributed by atoms with van der Waals surface area (Å²) in [6.07, 6.45) is 2.32. The first-order chi connectivity index (χ1) is 10.1. The van der Waals surface area contributed by atoms with Gasteiger partial charge >= 0.3 is 0 Å². The third-order valence-corrected chi connectivity index (χ3v) is 3.66. The Morgan fingerprint density at radius 1 is 1.57 bits per heavy atom. The van der Waals surface area contributed by atoms with Crippen LogP contribution in [0, 0.1) is 17.2 Å². The molecule has 1 atom stereocenters. The molecule has 1 aromatic carbocycles. The van der Waals surface area contributed by atoms with Crippen LogP contribution in [-0.4, -0.2) is 42.2 Å². The van der Waals surface area contributed by atoms with E-state index in [1.807, 2.05) is 18.0 Å². The molecule has 5 nitrogen and oxygen atoms in total. The summed E-state index contributed by atoms with van der Waals surface area (Å²) in [5, 5.41) is 21.4. The Balaban J connectivity index is 1.72. The molecule has 1 aliphatic carbocycles. The fourth-order valence-corrected chi connectivity index (χ4v) is 2.22.